The Bertz CT molecular complexity index is 1560. The number of hydrogen-bond acceptors (Lipinski definition) is 4. The number of carbonyl (C=O) groups is 2. The van der Waals surface area contributed by atoms with E-state index in [0.717, 1.165) is 32.8 Å². The van der Waals surface area contributed by atoms with Gasteiger partial charge in [0.15, 0.2) is 0 Å². The molecule has 0 aromatic heterocycles. The number of carbonyl (C=O) groups excluding carboxylic acids is 1. The van der Waals surface area contributed by atoms with Gasteiger partial charge in [0.05, 0.1) is 16.3 Å². The van der Waals surface area contributed by atoms with Crippen LogP contribution in [0.15, 0.2) is 89.8 Å². The molecule has 0 aliphatic heterocycles. The molecule has 9 heteroatoms. The Balaban J connectivity index is 1.65. The zero-order valence-corrected chi connectivity index (χ0v) is 20.9. The topological polar surface area (TPSA) is 104 Å². The number of amides is 1. The smallest absolute Gasteiger partial charge is 0.335 e. The third kappa shape index (κ3) is 5.41. The molecule has 0 saturated heterocycles. The van der Waals surface area contributed by atoms with E-state index in [1.54, 1.807) is 18.2 Å². The van der Waals surface area contributed by atoms with Crippen LogP contribution < -0.4 is 5.32 Å². The lowest BCUT2D eigenvalue weighted by molar-refractivity contribution is 0.0696. The zero-order valence-electron chi connectivity index (χ0n) is 19.3. The highest BCUT2D eigenvalue weighted by molar-refractivity contribution is 7.89. The van der Waals surface area contributed by atoms with Gasteiger partial charge in [0, 0.05) is 19.2 Å². The minimum atomic E-state index is -4.16. The summed E-state index contributed by atoms with van der Waals surface area (Å²) < 4.78 is 27.8. The molecule has 0 saturated carbocycles. The van der Waals surface area contributed by atoms with Crippen molar-refractivity contribution in [2.75, 3.05) is 18.9 Å². The Kier molecular flexibility index (Phi) is 7.40. The first-order valence-electron chi connectivity index (χ1n) is 11.0. The van der Waals surface area contributed by atoms with Gasteiger partial charge in [-0.15, -0.1) is 0 Å². The van der Waals surface area contributed by atoms with Crippen molar-refractivity contribution in [3.05, 3.63) is 107 Å². The van der Waals surface area contributed by atoms with E-state index in [0.29, 0.717) is 12.0 Å². The maximum Gasteiger partial charge on any atom is 0.335 e. The highest BCUT2D eigenvalue weighted by Gasteiger charge is 2.27. The van der Waals surface area contributed by atoms with Crippen molar-refractivity contribution < 1.29 is 23.1 Å². The summed E-state index contributed by atoms with van der Waals surface area (Å²) in [7, 11) is -2.76. The second kappa shape index (κ2) is 10.5. The quantitative estimate of drug-likeness (QED) is 0.326. The molecule has 2 N–H and O–H groups in total. The molecular weight excluding hydrogens is 500 g/mol. The van der Waals surface area contributed by atoms with Crippen LogP contribution in [0.3, 0.4) is 0 Å². The molecule has 0 spiro atoms. The van der Waals surface area contributed by atoms with Crippen LogP contribution in [0.1, 0.15) is 26.3 Å². The molecule has 4 aromatic carbocycles. The van der Waals surface area contributed by atoms with Gasteiger partial charge in [0.2, 0.25) is 10.0 Å². The van der Waals surface area contributed by atoms with E-state index in [4.69, 9.17) is 11.6 Å². The van der Waals surface area contributed by atoms with Crippen LogP contribution in [-0.4, -0.2) is 43.3 Å². The molecule has 184 valence electrons. The van der Waals surface area contributed by atoms with E-state index >= 15 is 0 Å². The molecule has 0 unspecified atom stereocenters. The number of aromatic carboxylic acids is 1. The molecule has 0 bridgehead atoms. The van der Waals surface area contributed by atoms with E-state index < -0.39 is 26.8 Å². The lowest BCUT2D eigenvalue weighted by Gasteiger charge is -2.20. The highest BCUT2D eigenvalue weighted by Crippen LogP contribution is 2.33. The van der Waals surface area contributed by atoms with Gasteiger partial charge in [0.1, 0.15) is 4.90 Å². The summed E-state index contributed by atoms with van der Waals surface area (Å²) in [5.74, 6) is -1.90. The number of hydrogen-bond donors (Lipinski definition) is 2. The van der Waals surface area contributed by atoms with Crippen molar-refractivity contribution in [2.24, 2.45) is 0 Å². The fourth-order valence-electron chi connectivity index (χ4n) is 3.74. The number of carboxylic acid groups (broad SMARTS) is 1. The van der Waals surface area contributed by atoms with Gasteiger partial charge in [-0.25, -0.2) is 17.5 Å². The summed E-state index contributed by atoms with van der Waals surface area (Å²) in [4.78, 5) is 24.3. The minimum absolute atomic E-state index is 0.107. The van der Waals surface area contributed by atoms with E-state index in [1.165, 1.54) is 7.05 Å². The molecule has 36 heavy (non-hydrogen) atoms. The molecule has 7 nitrogen and oxygen atoms in total. The molecular formula is C27H23ClN2O5S. The Labute approximate surface area is 214 Å². The maximum atomic E-state index is 13.3. The fraction of sp³-hybridized carbons (Fsp3) is 0.111. The van der Waals surface area contributed by atoms with Crippen molar-refractivity contribution in [3.63, 3.8) is 0 Å². The van der Waals surface area contributed by atoms with Gasteiger partial charge in [0.25, 0.3) is 5.91 Å². The van der Waals surface area contributed by atoms with E-state index in [-0.39, 0.29) is 22.8 Å². The number of nitrogens with zero attached hydrogens (tertiary/aromatic N) is 1. The van der Waals surface area contributed by atoms with E-state index in [1.807, 2.05) is 54.6 Å². The van der Waals surface area contributed by atoms with Crippen LogP contribution in [0.2, 0.25) is 5.02 Å². The number of nitrogens with one attached hydrogen (secondary N) is 1. The maximum absolute atomic E-state index is 13.3. The summed E-state index contributed by atoms with van der Waals surface area (Å²) in [6.07, 6.45) is 0.457. The van der Waals surface area contributed by atoms with Crippen molar-refractivity contribution >= 4 is 50.0 Å². The first-order chi connectivity index (χ1) is 17.2. The van der Waals surface area contributed by atoms with Crippen molar-refractivity contribution in [1.29, 1.82) is 0 Å². The first kappa shape index (κ1) is 25.4. The molecule has 0 aliphatic rings. The van der Waals surface area contributed by atoms with Gasteiger partial charge < -0.3 is 10.4 Å². The second-order valence-electron chi connectivity index (χ2n) is 8.22. The van der Waals surface area contributed by atoms with E-state index in [2.05, 4.69) is 5.32 Å². The number of carboxylic acids is 1. The van der Waals surface area contributed by atoms with E-state index in [9.17, 15) is 23.1 Å². The average Bonchev–Trinajstić information content (AvgIpc) is 2.88. The van der Waals surface area contributed by atoms with Gasteiger partial charge in [-0.2, -0.15) is 0 Å². The van der Waals surface area contributed by atoms with Crippen LogP contribution in [0.25, 0.3) is 10.8 Å². The predicted molar refractivity (Wildman–Crippen MR) is 140 cm³/mol. The number of likely N-dealkylation sites (N-methyl/N-ethyl adjacent to an activating group) is 1. The third-order valence-electron chi connectivity index (χ3n) is 5.79. The molecule has 0 atom stereocenters. The Morgan fingerprint density at radius 2 is 1.56 bits per heavy atom. The molecule has 4 aromatic rings. The number of halogens is 1. The standard InChI is InChI=1S/C27H23ClN2O5S/c1-30(14-13-18-7-3-2-4-8-18)36(34,35)24-17-22(27(32)33)16-23(25(24)28)29-26(31)21-12-11-19-9-5-6-10-20(19)15-21/h2-12,15-17H,13-14H2,1H3,(H,29,31)(H,32,33). The Morgan fingerprint density at radius 1 is 0.889 bits per heavy atom. The third-order valence-corrected chi connectivity index (χ3v) is 8.19. The van der Waals surface area contributed by atoms with Gasteiger partial charge >= 0.3 is 5.97 Å². The second-order valence-corrected chi connectivity index (χ2v) is 10.6. The minimum Gasteiger partial charge on any atom is -0.478 e. The fourth-order valence-corrected chi connectivity index (χ4v) is 5.47. The molecule has 0 aliphatic carbocycles. The van der Waals surface area contributed by atoms with Crippen LogP contribution in [-0.2, 0) is 16.4 Å². The summed E-state index contributed by atoms with van der Waals surface area (Å²) in [5, 5.41) is 13.7. The number of fused-ring (bicyclic) bond motifs is 1. The lowest BCUT2D eigenvalue weighted by atomic mass is 10.1. The monoisotopic (exact) mass is 522 g/mol. The summed E-state index contributed by atoms with van der Waals surface area (Å²) in [6.45, 7) is 0.152. The summed E-state index contributed by atoms with van der Waals surface area (Å²) in [5.41, 5.74) is 0.844. The average molecular weight is 523 g/mol. The van der Waals surface area contributed by atoms with Crippen molar-refractivity contribution in [2.45, 2.75) is 11.3 Å². The molecule has 4 rings (SSSR count). The van der Waals surface area contributed by atoms with Gasteiger partial charge in [-0.05, 0) is 47.0 Å². The summed E-state index contributed by atoms with van der Waals surface area (Å²) >= 11 is 6.44. The number of anilines is 1. The van der Waals surface area contributed by atoms with Crippen LogP contribution in [0, 0.1) is 0 Å². The first-order valence-corrected chi connectivity index (χ1v) is 12.9. The Morgan fingerprint density at radius 3 is 2.25 bits per heavy atom. The molecule has 0 radical (unpaired) electrons. The van der Waals surface area contributed by atoms with Gasteiger partial charge in [-0.1, -0.05) is 72.3 Å². The highest BCUT2D eigenvalue weighted by atomic mass is 35.5. The van der Waals surface area contributed by atoms with Gasteiger partial charge in [-0.3, -0.25) is 4.79 Å². The van der Waals surface area contributed by atoms with Crippen molar-refractivity contribution in [1.82, 2.24) is 4.31 Å². The number of sulfonamides is 1. The predicted octanol–water partition coefficient (Wildman–Crippen LogP) is 5.31. The Hall–Kier alpha value is -3.72. The number of benzene rings is 4. The van der Waals surface area contributed by atoms with Crippen molar-refractivity contribution in [3.8, 4) is 0 Å². The largest absolute Gasteiger partial charge is 0.478 e. The number of rotatable bonds is 8. The van der Waals surface area contributed by atoms with Crippen LogP contribution in [0.5, 0.6) is 0 Å². The SMILES string of the molecule is CN(CCc1ccccc1)S(=O)(=O)c1cc(C(=O)O)cc(NC(=O)c2ccc3ccccc3c2)c1Cl. The lowest BCUT2D eigenvalue weighted by Crippen LogP contribution is -2.29. The van der Waals surface area contributed by atoms with Crippen LogP contribution >= 0.6 is 11.6 Å². The molecule has 0 heterocycles. The normalized spacial score (nSPS) is 11.5. The molecule has 1 amide bonds. The molecule has 0 fully saturated rings. The summed E-state index contributed by atoms with van der Waals surface area (Å²) in [6, 6.07) is 24.1. The van der Waals surface area contributed by atoms with Crippen LogP contribution in [0.4, 0.5) is 5.69 Å². The zero-order chi connectivity index (χ0) is 25.9.